The van der Waals surface area contributed by atoms with E-state index < -0.39 is 41.7 Å². The minimum absolute atomic E-state index is 0.0587. The number of aliphatic hydroxyl groups excluding tert-OH is 1. The van der Waals surface area contributed by atoms with Crippen LogP contribution in [0.2, 0.25) is 0 Å². The maximum absolute atomic E-state index is 13.3. The van der Waals surface area contributed by atoms with E-state index in [2.05, 4.69) is 5.32 Å². The lowest BCUT2D eigenvalue weighted by molar-refractivity contribution is -0.154. The molecule has 0 heterocycles. The molecule has 9 heteroatoms. The highest BCUT2D eigenvalue weighted by atomic mass is 19.1. The predicted molar refractivity (Wildman–Crippen MR) is 105 cm³/mol. The van der Waals surface area contributed by atoms with E-state index in [1.807, 2.05) is 0 Å². The summed E-state index contributed by atoms with van der Waals surface area (Å²) in [6.07, 6.45) is 1.46. The van der Waals surface area contributed by atoms with Gasteiger partial charge in [0.1, 0.15) is 18.0 Å². The number of rotatable bonds is 9. The van der Waals surface area contributed by atoms with Crippen LogP contribution in [-0.4, -0.2) is 40.3 Å². The summed E-state index contributed by atoms with van der Waals surface area (Å²) in [4.78, 5) is 37.4. The molecule has 1 saturated carbocycles. The van der Waals surface area contributed by atoms with Gasteiger partial charge in [0.05, 0.1) is 5.92 Å². The van der Waals surface area contributed by atoms with Crippen molar-refractivity contribution in [3.63, 3.8) is 0 Å². The summed E-state index contributed by atoms with van der Waals surface area (Å²) >= 11 is 0. The van der Waals surface area contributed by atoms with E-state index in [0.29, 0.717) is 5.56 Å². The van der Waals surface area contributed by atoms with Gasteiger partial charge in [-0.2, -0.15) is 0 Å². The number of hydrogen-bond donors (Lipinski definition) is 4. The molecule has 0 radical (unpaired) electrons. The van der Waals surface area contributed by atoms with Crippen LogP contribution in [-0.2, 0) is 19.1 Å². The Labute approximate surface area is 174 Å². The topological polar surface area (TPSA) is 125 Å². The molecule has 8 nitrogen and oxygen atoms in total. The summed E-state index contributed by atoms with van der Waals surface area (Å²) < 4.78 is 18.9. The van der Waals surface area contributed by atoms with Crippen LogP contribution >= 0.6 is 0 Å². The Morgan fingerprint density at radius 1 is 1.13 bits per heavy atom. The minimum Gasteiger partial charge on any atom is -0.461 e. The SMILES string of the molecule is CC(C)C[C@@H](C(=O)N[C@H](C(=O)OC1CCCC1)c1ccc(F)cc1)[C@H](O)C(=O)NO. The number of nitrogens with one attached hydrogen (secondary N) is 2. The second-order valence-corrected chi connectivity index (χ2v) is 7.99. The van der Waals surface area contributed by atoms with Crippen molar-refractivity contribution in [1.82, 2.24) is 10.8 Å². The number of ether oxygens (including phenoxy) is 1. The van der Waals surface area contributed by atoms with E-state index in [1.54, 1.807) is 13.8 Å². The lowest BCUT2D eigenvalue weighted by Gasteiger charge is -2.26. The zero-order valence-electron chi connectivity index (χ0n) is 17.1. The van der Waals surface area contributed by atoms with Crippen LogP contribution < -0.4 is 10.8 Å². The normalized spacial score (nSPS) is 17.3. The maximum atomic E-state index is 13.3. The fourth-order valence-corrected chi connectivity index (χ4v) is 3.56. The Hall–Kier alpha value is -2.52. The Balaban J connectivity index is 2.24. The fourth-order valence-electron chi connectivity index (χ4n) is 3.56. The van der Waals surface area contributed by atoms with Gasteiger partial charge < -0.3 is 15.2 Å². The number of carbonyl (C=O) groups excluding carboxylic acids is 3. The molecule has 0 aliphatic heterocycles. The average Bonchev–Trinajstić information content (AvgIpc) is 3.22. The molecule has 2 rings (SSSR count). The molecule has 4 N–H and O–H groups in total. The van der Waals surface area contributed by atoms with E-state index in [0.717, 1.165) is 37.8 Å². The molecular formula is C21H29FN2O6. The highest BCUT2D eigenvalue weighted by Gasteiger charge is 2.36. The standard InChI is InChI=1S/C21H29FN2O6/c1-12(2)11-16(18(25)20(27)24-29)19(26)23-17(13-7-9-14(22)10-8-13)21(28)30-15-5-3-4-6-15/h7-10,12,15-18,25,29H,3-6,11H2,1-2H3,(H,23,26)(H,24,27)/t16-,17+,18+/m1/s1. The van der Waals surface area contributed by atoms with Gasteiger partial charge in [-0.1, -0.05) is 26.0 Å². The lowest BCUT2D eigenvalue weighted by Crippen LogP contribution is -2.47. The molecule has 2 amide bonds. The quantitative estimate of drug-likeness (QED) is 0.273. The lowest BCUT2D eigenvalue weighted by atomic mass is 9.90. The molecule has 1 fully saturated rings. The van der Waals surface area contributed by atoms with Gasteiger partial charge in [0.2, 0.25) is 5.91 Å². The van der Waals surface area contributed by atoms with Crippen LogP contribution in [0.5, 0.6) is 0 Å². The molecule has 1 aliphatic rings. The van der Waals surface area contributed by atoms with Crippen LogP contribution in [0.1, 0.15) is 57.6 Å². The summed E-state index contributed by atoms with van der Waals surface area (Å²) in [5, 5.41) is 21.5. The Bertz CT molecular complexity index is 734. The molecule has 0 saturated heterocycles. The van der Waals surface area contributed by atoms with Gasteiger partial charge in [-0.3, -0.25) is 14.8 Å². The van der Waals surface area contributed by atoms with E-state index in [-0.39, 0.29) is 18.4 Å². The van der Waals surface area contributed by atoms with Gasteiger partial charge in [-0.25, -0.2) is 14.7 Å². The third kappa shape index (κ3) is 6.50. The van der Waals surface area contributed by atoms with Crippen molar-refractivity contribution >= 4 is 17.8 Å². The van der Waals surface area contributed by atoms with Crippen molar-refractivity contribution in [3.05, 3.63) is 35.6 Å². The van der Waals surface area contributed by atoms with Crippen molar-refractivity contribution < 1.29 is 33.8 Å². The smallest absolute Gasteiger partial charge is 0.333 e. The van der Waals surface area contributed by atoms with Crippen LogP contribution in [0, 0.1) is 17.7 Å². The molecule has 30 heavy (non-hydrogen) atoms. The number of carbonyl (C=O) groups is 3. The minimum atomic E-state index is -1.81. The van der Waals surface area contributed by atoms with Crippen molar-refractivity contribution in [3.8, 4) is 0 Å². The number of halogens is 1. The third-order valence-corrected chi connectivity index (χ3v) is 5.13. The van der Waals surface area contributed by atoms with Crippen LogP contribution in [0.4, 0.5) is 4.39 Å². The largest absolute Gasteiger partial charge is 0.461 e. The van der Waals surface area contributed by atoms with Gasteiger partial charge in [0.15, 0.2) is 6.04 Å². The molecule has 1 aromatic carbocycles. The zero-order chi connectivity index (χ0) is 22.3. The highest BCUT2D eigenvalue weighted by molar-refractivity contribution is 5.91. The maximum Gasteiger partial charge on any atom is 0.333 e. The monoisotopic (exact) mass is 424 g/mol. The van der Waals surface area contributed by atoms with Gasteiger partial charge in [-0.15, -0.1) is 0 Å². The molecule has 1 aromatic rings. The van der Waals surface area contributed by atoms with Crippen LogP contribution in [0.3, 0.4) is 0 Å². The van der Waals surface area contributed by atoms with Crippen LogP contribution in [0.25, 0.3) is 0 Å². The second kappa shape index (κ2) is 11.0. The van der Waals surface area contributed by atoms with E-state index >= 15 is 0 Å². The number of aliphatic hydroxyl groups is 1. The first-order chi connectivity index (χ1) is 14.2. The van der Waals surface area contributed by atoms with Crippen molar-refractivity contribution in [2.24, 2.45) is 11.8 Å². The number of amides is 2. The first-order valence-corrected chi connectivity index (χ1v) is 10.1. The number of hydrogen-bond acceptors (Lipinski definition) is 6. The van der Waals surface area contributed by atoms with Gasteiger partial charge in [0, 0.05) is 0 Å². The van der Waals surface area contributed by atoms with E-state index in [1.165, 1.54) is 17.6 Å². The molecule has 3 atom stereocenters. The molecule has 0 aromatic heterocycles. The summed E-state index contributed by atoms with van der Waals surface area (Å²) in [6, 6.07) is 3.83. The summed E-state index contributed by atoms with van der Waals surface area (Å²) in [5.41, 5.74) is 1.65. The van der Waals surface area contributed by atoms with Crippen molar-refractivity contribution in [2.75, 3.05) is 0 Å². The zero-order valence-corrected chi connectivity index (χ0v) is 17.1. The Morgan fingerprint density at radius 3 is 2.27 bits per heavy atom. The van der Waals surface area contributed by atoms with Gasteiger partial charge in [-0.05, 0) is 55.7 Å². The van der Waals surface area contributed by atoms with E-state index in [9.17, 15) is 23.9 Å². The van der Waals surface area contributed by atoms with Crippen LogP contribution in [0.15, 0.2) is 24.3 Å². The average molecular weight is 424 g/mol. The van der Waals surface area contributed by atoms with Gasteiger partial charge >= 0.3 is 5.97 Å². The fraction of sp³-hybridized carbons (Fsp3) is 0.571. The number of benzene rings is 1. The number of esters is 1. The Morgan fingerprint density at radius 2 is 1.73 bits per heavy atom. The summed E-state index contributed by atoms with van der Waals surface area (Å²) in [7, 11) is 0. The van der Waals surface area contributed by atoms with Gasteiger partial charge in [0.25, 0.3) is 5.91 Å². The predicted octanol–water partition coefficient (Wildman–Crippen LogP) is 2.00. The first kappa shape index (κ1) is 23.8. The molecule has 1 aliphatic carbocycles. The molecular weight excluding hydrogens is 395 g/mol. The Kier molecular flexibility index (Phi) is 8.73. The van der Waals surface area contributed by atoms with Crippen molar-refractivity contribution in [2.45, 2.75) is 64.2 Å². The molecule has 0 unspecified atom stereocenters. The third-order valence-electron chi connectivity index (χ3n) is 5.13. The van der Waals surface area contributed by atoms with Crippen molar-refractivity contribution in [1.29, 1.82) is 0 Å². The summed E-state index contributed by atoms with van der Waals surface area (Å²) in [6.45, 7) is 3.60. The first-order valence-electron chi connectivity index (χ1n) is 10.1. The highest BCUT2D eigenvalue weighted by Crippen LogP contribution is 2.25. The molecule has 0 bridgehead atoms. The second-order valence-electron chi connectivity index (χ2n) is 7.99. The van der Waals surface area contributed by atoms with E-state index in [4.69, 9.17) is 9.94 Å². The number of hydroxylamine groups is 1. The molecule has 166 valence electrons. The molecule has 0 spiro atoms. The summed E-state index contributed by atoms with van der Waals surface area (Å²) in [5.74, 6) is -4.33.